The lowest BCUT2D eigenvalue weighted by molar-refractivity contribution is 0.354. The second-order valence-corrected chi connectivity index (χ2v) is 6.72. The first-order valence-corrected chi connectivity index (χ1v) is 9.21. The van der Waals surface area contributed by atoms with E-state index < -0.39 is 0 Å². The van der Waals surface area contributed by atoms with Crippen LogP contribution < -0.4 is 15.2 Å². The molecule has 0 fully saturated rings. The minimum Gasteiger partial charge on any atom is -0.493 e. The summed E-state index contributed by atoms with van der Waals surface area (Å²) >= 11 is 3.47. The van der Waals surface area contributed by atoms with Crippen LogP contribution in [0.15, 0.2) is 46.9 Å². The Balaban J connectivity index is 2.17. The van der Waals surface area contributed by atoms with Crippen LogP contribution in [0.5, 0.6) is 11.5 Å². The molecule has 8 heteroatoms. The first-order valence-electron chi connectivity index (χ1n) is 8.41. The van der Waals surface area contributed by atoms with E-state index >= 15 is 0 Å². The topological polar surface area (TPSA) is 110 Å². The summed E-state index contributed by atoms with van der Waals surface area (Å²) < 4.78 is 12.7. The van der Waals surface area contributed by atoms with Crippen LogP contribution in [0, 0.1) is 22.7 Å². The van der Waals surface area contributed by atoms with Crippen molar-refractivity contribution in [3.63, 3.8) is 0 Å². The molecule has 0 radical (unpaired) electrons. The van der Waals surface area contributed by atoms with E-state index in [0.717, 1.165) is 0 Å². The Hall–Kier alpha value is -3.75. The normalized spacial score (nSPS) is 10.9. The van der Waals surface area contributed by atoms with Crippen LogP contribution in [0.1, 0.15) is 16.8 Å². The van der Waals surface area contributed by atoms with Crippen molar-refractivity contribution in [1.82, 2.24) is 9.78 Å². The standard InChI is InChI=1S/C21H16BrN5O2/c1-28-18-9-13(17(22)10-19(18)29-2)8-14(11-23)20-16(12-24)21(25)27(26-20)15-6-4-3-5-7-15/h3-10H,25H2,1-2H3/b14-8-. The van der Waals surface area contributed by atoms with Crippen LogP contribution in [0.3, 0.4) is 0 Å². The second kappa shape index (κ2) is 8.51. The number of para-hydroxylation sites is 1. The minimum atomic E-state index is 0.137. The maximum Gasteiger partial charge on any atom is 0.161 e. The molecule has 0 atom stereocenters. The average Bonchev–Trinajstić information content (AvgIpc) is 3.09. The van der Waals surface area contributed by atoms with Crippen molar-refractivity contribution < 1.29 is 9.47 Å². The van der Waals surface area contributed by atoms with E-state index in [2.05, 4.69) is 33.2 Å². The van der Waals surface area contributed by atoms with E-state index in [0.29, 0.717) is 27.2 Å². The largest absolute Gasteiger partial charge is 0.493 e. The number of hydrogen-bond acceptors (Lipinski definition) is 6. The van der Waals surface area contributed by atoms with Gasteiger partial charge < -0.3 is 15.2 Å². The van der Waals surface area contributed by atoms with Gasteiger partial charge in [-0.25, -0.2) is 4.68 Å². The summed E-state index contributed by atoms with van der Waals surface area (Å²) in [7, 11) is 3.07. The molecule has 3 aromatic rings. The molecule has 0 bridgehead atoms. The molecule has 0 unspecified atom stereocenters. The SMILES string of the molecule is COc1cc(Br)c(/C=C(/C#N)c2nn(-c3ccccc3)c(N)c2C#N)cc1OC. The number of halogens is 1. The predicted molar refractivity (Wildman–Crippen MR) is 113 cm³/mol. The number of ether oxygens (including phenoxy) is 2. The van der Waals surface area contributed by atoms with Gasteiger partial charge >= 0.3 is 0 Å². The number of methoxy groups -OCH3 is 2. The summed E-state index contributed by atoms with van der Waals surface area (Å²) in [4.78, 5) is 0. The molecular formula is C21H16BrN5O2. The second-order valence-electron chi connectivity index (χ2n) is 5.87. The summed E-state index contributed by atoms with van der Waals surface area (Å²) in [5, 5.41) is 23.8. The molecule has 7 nitrogen and oxygen atoms in total. The smallest absolute Gasteiger partial charge is 0.161 e. The molecule has 2 N–H and O–H groups in total. The lowest BCUT2D eigenvalue weighted by Gasteiger charge is -2.10. The van der Waals surface area contributed by atoms with Gasteiger partial charge in [-0.15, -0.1) is 0 Å². The first kappa shape index (κ1) is 20.0. The molecule has 1 aromatic heterocycles. The fourth-order valence-corrected chi connectivity index (χ4v) is 3.22. The molecule has 0 amide bonds. The van der Waals surface area contributed by atoms with Gasteiger partial charge in [-0.3, -0.25) is 0 Å². The average molecular weight is 450 g/mol. The molecule has 144 valence electrons. The van der Waals surface area contributed by atoms with Crippen LogP contribution in [0.25, 0.3) is 17.3 Å². The highest BCUT2D eigenvalue weighted by Crippen LogP contribution is 2.35. The van der Waals surface area contributed by atoms with Gasteiger partial charge in [0, 0.05) is 4.47 Å². The number of hydrogen-bond donors (Lipinski definition) is 1. The molecule has 0 saturated heterocycles. The number of aromatic nitrogens is 2. The number of rotatable bonds is 5. The first-order chi connectivity index (χ1) is 14.0. The van der Waals surface area contributed by atoms with E-state index in [4.69, 9.17) is 15.2 Å². The van der Waals surface area contributed by atoms with Gasteiger partial charge in [-0.2, -0.15) is 15.6 Å². The van der Waals surface area contributed by atoms with Crippen molar-refractivity contribution in [3.8, 4) is 29.3 Å². The van der Waals surface area contributed by atoms with E-state index in [1.54, 1.807) is 25.3 Å². The lowest BCUT2D eigenvalue weighted by Crippen LogP contribution is -2.02. The molecule has 29 heavy (non-hydrogen) atoms. The van der Waals surface area contributed by atoms with Crippen molar-refractivity contribution in [2.75, 3.05) is 20.0 Å². The third kappa shape index (κ3) is 3.79. The van der Waals surface area contributed by atoms with Gasteiger partial charge in [0.05, 0.1) is 25.5 Å². The number of nitriles is 2. The highest BCUT2D eigenvalue weighted by molar-refractivity contribution is 9.10. The van der Waals surface area contributed by atoms with Gasteiger partial charge in [0.25, 0.3) is 0 Å². The van der Waals surface area contributed by atoms with E-state index in [9.17, 15) is 10.5 Å². The molecule has 3 rings (SSSR count). The van der Waals surface area contributed by atoms with E-state index in [1.807, 2.05) is 30.3 Å². The van der Waals surface area contributed by atoms with Crippen molar-refractivity contribution in [3.05, 3.63) is 63.8 Å². The highest BCUT2D eigenvalue weighted by atomic mass is 79.9. The van der Waals surface area contributed by atoms with E-state index in [-0.39, 0.29) is 22.6 Å². The molecule has 1 heterocycles. The molecule has 2 aromatic carbocycles. The Morgan fingerprint density at radius 2 is 1.79 bits per heavy atom. The molecule has 0 aliphatic rings. The van der Waals surface area contributed by atoms with Gasteiger partial charge in [0.1, 0.15) is 29.2 Å². The van der Waals surface area contributed by atoms with Gasteiger partial charge in [-0.1, -0.05) is 34.1 Å². The van der Waals surface area contributed by atoms with Crippen molar-refractivity contribution in [2.24, 2.45) is 0 Å². The van der Waals surface area contributed by atoms with Gasteiger partial charge in [0.15, 0.2) is 11.5 Å². The molecular weight excluding hydrogens is 434 g/mol. The van der Waals surface area contributed by atoms with Crippen molar-refractivity contribution >= 4 is 33.4 Å². The maximum atomic E-state index is 9.76. The summed E-state index contributed by atoms with van der Waals surface area (Å²) in [6.07, 6.45) is 1.62. The third-order valence-electron chi connectivity index (χ3n) is 4.21. The van der Waals surface area contributed by atoms with Crippen LogP contribution in [0.4, 0.5) is 5.82 Å². The number of nitrogens with two attached hydrogens (primary N) is 1. The Morgan fingerprint density at radius 1 is 1.14 bits per heavy atom. The summed E-state index contributed by atoms with van der Waals surface area (Å²) in [5.41, 5.74) is 8.03. The Labute approximate surface area is 176 Å². The van der Waals surface area contributed by atoms with Crippen LogP contribution >= 0.6 is 15.9 Å². The van der Waals surface area contributed by atoms with Crippen LogP contribution in [-0.2, 0) is 0 Å². The van der Waals surface area contributed by atoms with Crippen molar-refractivity contribution in [2.45, 2.75) is 0 Å². The zero-order valence-corrected chi connectivity index (χ0v) is 17.3. The number of anilines is 1. The maximum absolute atomic E-state index is 9.76. The fraction of sp³-hybridized carbons (Fsp3) is 0.0952. The van der Waals surface area contributed by atoms with Gasteiger partial charge in [0.2, 0.25) is 0 Å². The Bertz CT molecular complexity index is 1170. The quantitative estimate of drug-likeness (QED) is 0.585. The number of nitrogens with zero attached hydrogens (tertiary/aromatic N) is 4. The third-order valence-corrected chi connectivity index (χ3v) is 4.90. The van der Waals surface area contributed by atoms with E-state index in [1.165, 1.54) is 11.8 Å². The molecule has 0 saturated carbocycles. The Kier molecular flexibility index (Phi) is 5.87. The molecule has 0 aliphatic carbocycles. The Morgan fingerprint density at radius 3 is 2.38 bits per heavy atom. The number of allylic oxidation sites excluding steroid dienone is 1. The zero-order valence-electron chi connectivity index (χ0n) is 15.7. The zero-order chi connectivity index (χ0) is 21.0. The summed E-state index contributed by atoms with van der Waals surface area (Å²) in [6.45, 7) is 0. The predicted octanol–water partition coefficient (Wildman–Crippen LogP) is 4.17. The molecule has 0 spiro atoms. The summed E-state index contributed by atoms with van der Waals surface area (Å²) in [5.74, 6) is 1.22. The summed E-state index contributed by atoms with van der Waals surface area (Å²) in [6, 6.07) is 16.8. The monoisotopic (exact) mass is 449 g/mol. The fourth-order valence-electron chi connectivity index (χ4n) is 2.79. The van der Waals surface area contributed by atoms with Crippen molar-refractivity contribution in [1.29, 1.82) is 10.5 Å². The molecule has 0 aliphatic heterocycles. The lowest BCUT2D eigenvalue weighted by atomic mass is 10.1. The van der Waals surface area contributed by atoms with Crippen LogP contribution in [0.2, 0.25) is 0 Å². The van der Waals surface area contributed by atoms with Gasteiger partial charge in [-0.05, 0) is 35.9 Å². The highest BCUT2D eigenvalue weighted by Gasteiger charge is 2.20. The number of benzene rings is 2. The number of nitrogen functional groups attached to an aromatic ring is 1. The minimum absolute atomic E-state index is 0.137. The van der Waals surface area contributed by atoms with Crippen LogP contribution in [-0.4, -0.2) is 24.0 Å².